The van der Waals surface area contributed by atoms with Gasteiger partial charge < -0.3 is 5.11 Å². The standard InChI is InChI=1S/C16H19NO3S/c1-3-11-5-7-12(8-6-11)16-13(4-2)21-10-14(18)17(16)9-15(19)20/h5-8H,3-4,9-10H2,1-2H3,(H,19,20). The van der Waals surface area contributed by atoms with E-state index in [0.717, 1.165) is 29.0 Å². The van der Waals surface area contributed by atoms with E-state index in [-0.39, 0.29) is 12.5 Å². The Morgan fingerprint density at radius 1 is 1.24 bits per heavy atom. The smallest absolute Gasteiger partial charge is 0.323 e. The third kappa shape index (κ3) is 3.47. The molecule has 2 rings (SSSR count). The van der Waals surface area contributed by atoms with Crippen molar-refractivity contribution in [3.8, 4) is 0 Å². The molecule has 21 heavy (non-hydrogen) atoms. The minimum Gasteiger partial charge on any atom is -0.480 e. The number of carboxylic acids is 1. The lowest BCUT2D eigenvalue weighted by Crippen LogP contribution is -2.38. The number of benzene rings is 1. The molecule has 0 aliphatic carbocycles. The highest BCUT2D eigenvalue weighted by molar-refractivity contribution is 8.04. The maximum Gasteiger partial charge on any atom is 0.323 e. The molecule has 4 nitrogen and oxygen atoms in total. The highest BCUT2D eigenvalue weighted by atomic mass is 32.2. The summed E-state index contributed by atoms with van der Waals surface area (Å²) in [6, 6.07) is 7.99. The van der Waals surface area contributed by atoms with Gasteiger partial charge in [-0.05, 0) is 24.0 Å². The van der Waals surface area contributed by atoms with Crippen molar-refractivity contribution in [2.45, 2.75) is 26.7 Å². The van der Waals surface area contributed by atoms with Crippen molar-refractivity contribution in [2.24, 2.45) is 0 Å². The van der Waals surface area contributed by atoms with Crippen LogP contribution in [0.25, 0.3) is 5.70 Å². The normalized spacial score (nSPS) is 15.5. The van der Waals surface area contributed by atoms with Crippen molar-refractivity contribution in [3.05, 3.63) is 40.3 Å². The number of rotatable bonds is 5. The molecule has 0 atom stereocenters. The maximum absolute atomic E-state index is 12.1. The summed E-state index contributed by atoms with van der Waals surface area (Å²) in [5.74, 6) is -0.824. The van der Waals surface area contributed by atoms with Crippen molar-refractivity contribution >= 4 is 29.3 Å². The van der Waals surface area contributed by atoms with Crippen molar-refractivity contribution in [3.63, 3.8) is 0 Å². The third-order valence-electron chi connectivity index (χ3n) is 3.46. The van der Waals surface area contributed by atoms with Crippen LogP contribution in [-0.4, -0.2) is 34.2 Å². The van der Waals surface area contributed by atoms with E-state index in [1.807, 2.05) is 31.2 Å². The van der Waals surface area contributed by atoms with E-state index in [2.05, 4.69) is 6.92 Å². The second kappa shape index (κ2) is 6.80. The van der Waals surface area contributed by atoms with Gasteiger partial charge in [0.15, 0.2) is 0 Å². The minimum atomic E-state index is -0.992. The number of nitrogens with zero attached hydrogens (tertiary/aromatic N) is 1. The number of hydrogen-bond donors (Lipinski definition) is 1. The summed E-state index contributed by atoms with van der Waals surface area (Å²) in [6.45, 7) is 3.83. The van der Waals surface area contributed by atoms with E-state index in [0.29, 0.717) is 5.75 Å². The molecule has 1 aliphatic rings. The number of hydrogen-bond acceptors (Lipinski definition) is 3. The largest absolute Gasteiger partial charge is 0.480 e. The Kier molecular flexibility index (Phi) is 5.07. The predicted molar refractivity (Wildman–Crippen MR) is 84.8 cm³/mol. The van der Waals surface area contributed by atoms with E-state index < -0.39 is 5.97 Å². The fourth-order valence-electron chi connectivity index (χ4n) is 2.36. The van der Waals surface area contributed by atoms with Crippen LogP contribution in [0.4, 0.5) is 0 Å². The maximum atomic E-state index is 12.1. The highest BCUT2D eigenvalue weighted by Crippen LogP contribution is 2.36. The van der Waals surface area contributed by atoms with Crippen LogP contribution in [0.5, 0.6) is 0 Å². The number of carbonyl (C=O) groups excluding carboxylic acids is 1. The molecule has 1 N–H and O–H groups in total. The Bertz CT molecular complexity index is 578. The number of amides is 1. The zero-order valence-electron chi connectivity index (χ0n) is 12.3. The number of aryl methyl sites for hydroxylation is 1. The Balaban J connectivity index is 2.46. The van der Waals surface area contributed by atoms with Crippen LogP contribution >= 0.6 is 11.8 Å². The second-order valence-electron chi connectivity index (χ2n) is 4.84. The van der Waals surface area contributed by atoms with E-state index >= 15 is 0 Å². The molecule has 0 aromatic heterocycles. The van der Waals surface area contributed by atoms with Gasteiger partial charge in [-0.15, -0.1) is 11.8 Å². The number of aliphatic carboxylic acids is 1. The number of allylic oxidation sites excluding steroid dienone is 1. The second-order valence-corrected chi connectivity index (χ2v) is 5.91. The molecule has 1 aromatic rings. The summed E-state index contributed by atoms with van der Waals surface area (Å²) in [4.78, 5) is 25.6. The molecule has 1 aliphatic heterocycles. The van der Waals surface area contributed by atoms with Gasteiger partial charge in [-0.25, -0.2) is 0 Å². The van der Waals surface area contributed by atoms with E-state index in [9.17, 15) is 9.59 Å². The van der Waals surface area contributed by atoms with Crippen LogP contribution < -0.4 is 0 Å². The molecule has 1 heterocycles. The predicted octanol–water partition coefficient (Wildman–Crippen LogP) is 2.99. The van der Waals surface area contributed by atoms with Crippen LogP contribution in [0.15, 0.2) is 29.2 Å². The summed E-state index contributed by atoms with van der Waals surface area (Å²) in [5.41, 5.74) is 2.88. The van der Waals surface area contributed by atoms with Crippen LogP contribution in [0.3, 0.4) is 0 Å². The first-order chi connectivity index (χ1) is 10.1. The molecule has 0 spiro atoms. The highest BCUT2D eigenvalue weighted by Gasteiger charge is 2.29. The Morgan fingerprint density at radius 3 is 2.43 bits per heavy atom. The van der Waals surface area contributed by atoms with Gasteiger partial charge in [0.1, 0.15) is 6.54 Å². The zero-order valence-corrected chi connectivity index (χ0v) is 13.1. The van der Waals surface area contributed by atoms with Gasteiger partial charge >= 0.3 is 5.97 Å². The molecular weight excluding hydrogens is 286 g/mol. The van der Waals surface area contributed by atoms with E-state index in [4.69, 9.17) is 5.11 Å². The van der Waals surface area contributed by atoms with Gasteiger partial charge in [0.05, 0.1) is 11.4 Å². The molecule has 0 unspecified atom stereocenters. The van der Waals surface area contributed by atoms with E-state index in [1.54, 1.807) is 0 Å². The lowest BCUT2D eigenvalue weighted by molar-refractivity contribution is -0.141. The summed E-state index contributed by atoms with van der Waals surface area (Å²) >= 11 is 1.51. The molecule has 1 aromatic carbocycles. The average molecular weight is 305 g/mol. The summed E-state index contributed by atoms with van der Waals surface area (Å²) < 4.78 is 0. The molecule has 0 bridgehead atoms. The molecule has 1 amide bonds. The molecule has 0 radical (unpaired) electrons. The van der Waals surface area contributed by atoms with Crippen molar-refractivity contribution in [1.29, 1.82) is 0 Å². The van der Waals surface area contributed by atoms with Crippen LogP contribution in [0, 0.1) is 0 Å². The van der Waals surface area contributed by atoms with Gasteiger partial charge in [-0.2, -0.15) is 0 Å². The topological polar surface area (TPSA) is 57.6 Å². The monoisotopic (exact) mass is 305 g/mol. The Morgan fingerprint density at radius 2 is 1.90 bits per heavy atom. The molecule has 5 heteroatoms. The first kappa shape index (κ1) is 15.6. The fourth-order valence-corrected chi connectivity index (χ4v) is 3.38. The van der Waals surface area contributed by atoms with Crippen LogP contribution in [0.1, 0.15) is 31.4 Å². The first-order valence-corrected chi connectivity index (χ1v) is 8.02. The van der Waals surface area contributed by atoms with Gasteiger partial charge in [0.25, 0.3) is 0 Å². The minimum absolute atomic E-state index is 0.144. The Labute approximate surface area is 128 Å². The summed E-state index contributed by atoms with van der Waals surface area (Å²) in [6.07, 6.45) is 1.74. The first-order valence-electron chi connectivity index (χ1n) is 7.04. The summed E-state index contributed by atoms with van der Waals surface area (Å²) in [7, 11) is 0. The Hall–Kier alpha value is -1.75. The molecule has 112 valence electrons. The third-order valence-corrected chi connectivity index (χ3v) is 4.68. The molecule has 0 saturated carbocycles. The number of carbonyl (C=O) groups is 2. The number of carboxylic acid groups (broad SMARTS) is 1. The van der Waals surface area contributed by atoms with Gasteiger partial charge in [0.2, 0.25) is 5.91 Å². The lowest BCUT2D eigenvalue weighted by atomic mass is 10.1. The SMILES string of the molecule is CCC1=C(c2ccc(CC)cc2)N(CC(=O)O)C(=O)CS1. The van der Waals surface area contributed by atoms with Crippen molar-refractivity contribution < 1.29 is 14.7 Å². The molecule has 0 saturated heterocycles. The summed E-state index contributed by atoms with van der Waals surface area (Å²) in [5, 5.41) is 9.07. The molecular formula is C16H19NO3S. The van der Waals surface area contributed by atoms with Gasteiger partial charge in [0, 0.05) is 4.91 Å². The number of thioether (sulfide) groups is 1. The van der Waals surface area contributed by atoms with Crippen molar-refractivity contribution in [1.82, 2.24) is 4.90 Å². The fraction of sp³-hybridized carbons (Fsp3) is 0.375. The quantitative estimate of drug-likeness (QED) is 0.908. The zero-order chi connectivity index (χ0) is 15.4. The van der Waals surface area contributed by atoms with Crippen molar-refractivity contribution in [2.75, 3.05) is 12.3 Å². The van der Waals surface area contributed by atoms with Crippen LogP contribution in [0.2, 0.25) is 0 Å². The van der Waals surface area contributed by atoms with Gasteiger partial charge in [-0.3, -0.25) is 14.5 Å². The molecule has 0 fully saturated rings. The average Bonchev–Trinajstić information content (AvgIpc) is 2.49. The lowest BCUT2D eigenvalue weighted by Gasteiger charge is -2.30. The van der Waals surface area contributed by atoms with Crippen LogP contribution in [-0.2, 0) is 16.0 Å². The van der Waals surface area contributed by atoms with E-state index in [1.165, 1.54) is 22.2 Å². The van der Waals surface area contributed by atoms with Gasteiger partial charge in [-0.1, -0.05) is 38.1 Å².